The van der Waals surface area contributed by atoms with Crippen molar-refractivity contribution in [2.75, 3.05) is 26.2 Å². The number of imidazole rings is 1. The van der Waals surface area contributed by atoms with Gasteiger partial charge in [-0.3, -0.25) is 0 Å². The van der Waals surface area contributed by atoms with Crippen LogP contribution in [0.1, 0.15) is 19.3 Å². The van der Waals surface area contributed by atoms with Crippen LogP contribution in [0.25, 0.3) is 22.4 Å². The first-order valence-corrected chi connectivity index (χ1v) is 8.79. The molecule has 0 bridgehead atoms. The zero-order chi connectivity index (χ0) is 16.2. The number of para-hydroxylation sites is 2. The molecule has 1 aliphatic heterocycles. The Hall–Kier alpha value is -2.33. The highest BCUT2D eigenvalue weighted by atomic mass is 16.5. The molecule has 0 atom stereocenters. The standard InChI is InChI=1S/C20H23N3O/c1-2-7-19-18(6-1)21-20(22-19)16-8-10-17(11-9-16)24-15-5-14-23-12-3-4-13-23/h1-2,6-11H,3-5,12-15H2,(H,21,22). The van der Waals surface area contributed by atoms with Gasteiger partial charge in [0.2, 0.25) is 0 Å². The maximum absolute atomic E-state index is 5.86. The average Bonchev–Trinajstić information content (AvgIpc) is 3.28. The summed E-state index contributed by atoms with van der Waals surface area (Å²) in [6.45, 7) is 4.44. The van der Waals surface area contributed by atoms with Crippen LogP contribution in [0.4, 0.5) is 0 Å². The summed E-state index contributed by atoms with van der Waals surface area (Å²) in [6, 6.07) is 16.3. The molecule has 0 unspecified atom stereocenters. The fourth-order valence-electron chi connectivity index (χ4n) is 3.28. The lowest BCUT2D eigenvalue weighted by molar-refractivity contribution is 0.263. The lowest BCUT2D eigenvalue weighted by atomic mass is 10.2. The van der Waals surface area contributed by atoms with Crippen molar-refractivity contribution < 1.29 is 4.74 Å². The Morgan fingerprint density at radius 2 is 1.79 bits per heavy atom. The highest BCUT2D eigenvalue weighted by Crippen LogP contribution is 2.22. The van der Waals surface area contributed by atoms with E-state index in [1.807, 2.05) is 36.4 Å². The van der Waals surface area contributed by atoms with Gasteiger partial charge in [-0.25, -0.2) is 4.98 Å². The van der Waals surface area contributed by atoms with Crippen LogP contribution >= 0.6 is 0 Å². The summed E-state index contributed by atoms with van der Waals surface area (Å²) in [6.07, 6.45) is 3.79. The van der Waals surface area contributed by atoms with Gasteiger partial charge in [0.25, 0.3) is 0 Å². The van der Waals surface area contributed by atoms with Gasteiger partial charge in [-0.1, -0.05) is 12.1 Å². The zero-order valence-electron chi connectivity index (χ0n) is 13.9. The van der Waals surface area contributed by atoms with Crippen LogP contribution in [0.3, 0.4) is 0 Å². The Balaban J connectivity index is 1.34. The van der Waals surface area contributed by atoms with Crippen molar-refractivity contribution >= 4 is 11.0 Å². The lowest BCUT2D eigenvalue weighted by Crippen LogP contribution is -2.21. The molecule has 1 N–H and O–H groups in total. The number of ether oxygens (including phenoxy) is 1. The predicted octanol–water partition coefficient (Wildman–Crippen LogP) is 4.09. The van der Waals surface area contributed by atoms with Crippen molar-refractivity contribution in [1.82, 2.24) is 14.9 Å². The number of hydrogen-bond donors (Lipinski definition) is 1. The van der Waals surface area contributed by atoms with Crippen LogP contribution in [0.2, 0.25) is 0 Å². The summed E-state index contributed by atoms with van der Waals surface area (Å²) in [7, 11) is 0. The van der Waals surface area contributed by atoms with Crippen LogP contribution in [0.5, 0.6) is 5.75 Å². The molecule has 1 saturated heterocycles. The third kappa shape index (κ3) is 3.44. The van der Waals surface area contributed by atoms with E-state index in [9.17, 15) is 0 Å². The maximum Gasteiger partial charge on any atom is 0.138 e. The van der Waals surface area contributed by atoms with E-state index in [0.29, 0.717) is 0 Å². The minimum Gasteiger partial charge on any atom is -0.494 e. The molecule has 2 heterocycles. The number of aromatic amines is 1. The third-order valence-electron chi connectivity index (χ3n) is 4.60. The van der Waals surface area contributed by atoms with Crippen molar-refractivity contribution in [1.29, 1.82) is 0 Å². The number of H-pyrrole nitrogens is 1. The maximum atomic E-state index is 5.86. The average molecular weight is 321 g/mol. The van der Waals surface area contributed by atoms with Crippen molar-refractivity contribution in [3.8, 4) is 17.1 Å². The molecule has 0 amide bonds. The van der Waals surface area contributed by atoms with Gasteiger partial charge in [0.1, 0.15) is 11.6 Å². The molecule has 4 rings (SSSR count). The van der Waals surface area contributed by atoms with Gasteiger partial charge in [-0.2, -0.15) is 0 Å². The number of hydrogen-bond acceptors (Lipinski definition) is 3. The van der Waals surface area contributed by atoms with Crippen molar-refractivity contribution in [2.45, 2.75) is 19.3 Å². The van der Waals surface area contributed by atoms with Crippen molar-refractivity contribution in [2.24, 2.45) is 0 Å². The molecule has 4 heteroatoms. The largest absolute Gasteiger partial charge is 0.494 e. The molecular formula is C20H23N3O. The Bertz CT molecular complexity index is 755. The summed E-state index contributed by atoms with van der Waals surface area (Å²) in [5.41, 5.74) is 3.14. The molecule has 1 fully saturated rings. The van der Waals surface area contributed by atoms with Gasteiger partial charge >= 0.3 is 0 Å². The second-order valence-corrected chi connectivity index (χ2v) is 6.38. The van der Waals surface area contributed by atoms with Crippen LogP contribution in [0, 0.1) is 0 Å². The number of fused-ring (bicyclic) bond motifs is 1. The molecule has 0 spiro atoms. The van der Waals surface area contributed by atoms with E-state index in [0.717, 1.165) is 47.7 Å². The molecule has 0 saturated carbocycles. The van der Waals surface area contributed by atoms with Gasteiger partial charge in [0.05, 0.1) is 17.6 Å². The van der Waals surface area contributed by atoms with E-state index in [1.165, 1.54) is 25.9 Å². The molecular weight excluding hydrogens is 298 g/mol. The topological polar surface area (TPSA) is 41.1 Å². The van der Waals surface area contributed by atoms with Crippen molar-refractivity contribution in [3.63, 3.8) is 0 Å². The van der Waals surface area contributed by atoms with E-state index in [1.54, 1.807) is 0 Å². The van der Waals surface area contributed by atoms with Crippen molar-refractivity contribution in [3.05, 3.63) is 48.5 Å². The normalized spacial score (nSPS) is 15.2. The molecule has 2 aromatic carbocycles. The molecule has 124 valence electrons. The van der Waals surface area contributed by atoms with Gasteiger partial charge in [-0.15, -0.1) is 0 Å². The molecule has 1 aliphatic rings. The molecule has 24 heavy (non-hydrogen) atoms. The molecule has 4 nitrogen and oxygen atoms in total. The third-order valence-corrected chi connectivity index (χ3v) is 4.60. The summed E-state index contributed by atoms with van der Waals surface area (Å²) in [4.78, 5) is 10.5. The van der Waals surface area contributed by atoms with E-state index in [2.05, 4.69) is 27.0 Å². The van der Waals surface area contributed by atoms with Gasteiger partial charge < -0.3 is 14.6 Å². The zero-order valence-corrected chi connectivity index (χ0v) is 13.9. The molecule has 0 radical (unpaired) electrons. The van der Waals surface area contributed by atoms with Gasteiger partial charge in [0, 0.05) is 12.1 Å². The van der Waals surface area contributed by atoms with E-state index in [4.69, 9.17) is 4.74 Å². The second kappa shape index (κ2) is 7.05. The first kappa shape index (κ1) is 15.2. The highest BCUT2D eigenvalue weighted by Gasteiger charge is 2.10. The van der Waals surface area contributed by atoms with Gasteiger partial charge in [0.15, 0.2) is 0 Å². The quantitative estimate of drug-likeness (QED) is 0.695. The Kier molecular flexibility index (Phi) is 4.47. The van der Waals surface area contributed by atoms with E-state index < -0.39 is 0 Å². The summed E-state index contributed by atoms with van der Waals surface area (Å²) >= 11 is 0. The Labute approximate surface area is 142 Å². The molecule has 1 aromatic heterocycles. The monoisotopic (exact) mass is 321 g/mol. The molecule has 3 aromatic rings. The van der Waals surface area contributed by atoms with Crippen LogP contribution in [0.15, 0.2) is 48.5 Å². The first-order valence-electron chi connectivity index (χ1n) is 8.79. The van der Waals surface area contributed by atoms with Crippen LogP contribution < -0.4 is 4.74 Å². The van der Waals surface area contributed by atoms with E-state index in [-0.39, 0.29) is 0 Å². The second-order valence-electron chi connectivity index (χ2n) is 6.38. The smallest absolute Gasteiger partial charge is 0.138 e. The Morgan fingerprint density at radius 1 is 1.00 bits per heavy atom. The molecule has 0 aliphatic carbocycles. The summed E-state index contributed by atoms with van der Waals surface area (Å²) in [5.74, 6) is 1.83. The predicted molar refractivity (Wildman–Crippen MR) is 97.3 cm³/mol. The number of benzene rings is 2. The summed E-state index contributed by atoms with van der Waals surface area (Å²) < 4.78 is 5.86. The minimum absolute atomic E-state index is 0.778. The Morgan fingerprint density at radius 3 is 2.58 bits per heavy atom. The fourth-order valence-corrected chi connectivity index (χ4v) is 3.28. The number of aromatic nitrogens is 2. The van der Waals surface area contributed by atoms with Crippen LogP contribution in [-0.4, -0.2) is 41.1 Å². The lowest BCUT2D eigenvalue weighted by Gasteiger charge is -2.14. The highest BCUT2D eigenvalue weighted by molar-refractivity contribution is 5.79. The van der Waals surface area contributed by atoms with E-state index >= 15 is 0 Å². The summed E-state index contributed by atoms with van der Waals surface area (Å²) in [5, 5.41) is 0. The minimum atomic E-state index is 0.778. The number of nitrogens with one attached hydrogen (secondary N) is 1. The van der Waals surface area contributed by atoms with Gasteiger partial charge in [-0.05, 0) is 68.8 Å². The number of rotatable bonds is 6. The SMILES string of the molecule is c1ccc2[nH]c(-c3ccc(OCCCN4CCCC4)cc3)nc2c1. The fraction of sp³-hybridized carbons (Fsp3) is 0.350. The van der Waals surface area contributed by atoms with Crippen LogP contribution in [-0.2, 0) is 0 Å². The first-order chi connectivity index (χ1) is 11.9. The number of likely N-dealkylation sites (tertiary alicyclic amines) is 1. The number of nitrogens with zero attached hydrogens (tertiary/aromatic N) is 2.